The fourth-order valence-electron chi connectivity index (χ4n) is 1.64. The fraction of sp³-hybridized carbons (Fsp3) is 0.600. The van der Waals surface area contributed by atoms with E-state index in [-0.39, 0.29) is 9.93 Å². The third kappa shape index (κ3) is 4.16. The van der Waals surface area contributed by atoms with E-state index in [2.05, 4.69) is 4.39 Å². The number of hydrogen-bond acceptors (Lipinski definition) is 3. The molecule has 0 unspecified atom stereocenters. The van der Waals surface area contributed by atoms with Crippen LogP contribution in [0, 0.1) is 5.82 Å². The van der Waals surface area contributed by atoms with Gasteiger partial charge in [-0.15, -0.1) is 0 Å². The lowest BCUT2D eigenvalue weighted by Crippen LogP contribution is -2.54. The molecule has 0 radical (unpaired) electrons. The van der Waals surface area contributed by atoms with E-state index in [1.54, 1.807) is 0 Å². The highest BCUT2D eigenvalue weighted by atomic mass is 32.2. The van der Waals surface area contributed by atoms with Crippen LogP contribution in [0.15, 0.2) is 23.1 Å². The first kappa shape index (κ1) is 19.3. The van der Waals surface area contributed by atoms with Crippen molar-refractivity contribution in [3.05, 3.63) is 29.6 Å². The minimum Gasteiger partial charge on any atom is -0.386 e. The summed E-state index contributed by atoms with van der Waals surface area (Å²) >= 11 is 0. The Labute approximate surface area is 133 Å². The smallest absolute Gasteiger partial charge is 0.237 e. The van der Waals surface area contributed by atoms with Crippen LogP contribution in [-0.4, -0.2) is 21.8 Å². The van der Waals surface area contributed by atoms with E-state index < -0.39 is 29.7 Å². The second kappa shape index (κ2) is 5.70. The van der Waals surface area contributed by atoms with Crippen molar-refractivity contribution >= 4 is 18.3 Å². The van der Waals surface area contributed by atoms with Crippen molar-refractivity contribution in [1.29, 1.82) is 0 Å². The predicted octanol–water partition coefficient (Wildman–Crippen LogP) is 3.34. The molecule has 0 aromatic heterocycles. The van der Waals surface area contributed by atoms with Gasteiger partial charge in [0.05, 0.1) is 5.60 Å². The highest BCUT2D eigenvalue weighted by Gasteiger charge is 2.40. The molecular formula is C15H26FNO3SSi. The quantitative estimate of drug-likeness (QED) is 0.821. The first-order valence-electron chi connectivity index (χ1n) is 7.14. The Balaban J connectivity index is 3.26. The van der Waals surface area contributed by atoms with E-state index in [4.69, 9.17) is 0 Å². The maximum atomic E-state index is 14.2. The van der Waals surface area contributed by atoms with Gasteiger partial charge in [0.25, 0.3) is 0 Å². The van der Waals surface area contributed by atoms with Crippen LogP contribution >= 0.6 is 0 Å². The van der Waals surface area contributed by atoms with Crippen LogP contribution in [0.25, 0.3) is 0 Å². The van der Waals surface area contributed by atoms with E-state index in [1.807, 2.05) is 33.9 Å². The molecule has 1 aromatic rings. The van der Waals surface area contributed by atoms with Gasteiger partial charge in [-0.1, -0.05) is 39.9 Å². The van der Waals surface area contributed by atoms with Crippen LogP contribution in [0.1, 0.15) is 40.2 Å². The van der Waals surface area contributed by atoms with Gasteiger partial charge in [0, 0.05) is 0 Å². The lowest BCUT2D eigenvalue weighted by Gasteiger charge is -2.36. The summed E-state index contributed by atoms with van der Waals surface area (Å²) in [6.45, 7) is 12.7. The Kier molecular flexibility index (Phi) is 5.00. The van der Waals surface area contributed by atoms with Gasteiger partial charge in [-0.05, 0) is 36.6 Å². The lowest BCUT2D eigenvalue weighted by atomic mass is 9.99. The Bertz CT molecular complexity index is 658. The highest BCUT2D eigenvalue weighted by molar-refractivity contribution is 7.91. The van der Waals surface area contributed by atoms with E-state index in [0.717, 1.165) is 6.07 Å². The average molecular weight is 348 g/mol. The lowest BCUT2D eigenvalue weighted by molar-refractivity contribution is 0.0781. The molecule has 0 fully saturated rings. The van der Waals surface area contributed by atoms with Gasteiger partial charge in [0.15, 0.2) is 0 Å². The summed E-state index contributed by atoms with van der Waals surface area (Å²) < 4.78 is 41.9. The molecule has 1 rings (SSSR count). The molecule has 0 aliphatic rings. The van der Waals surface area contributed by atoms with Crippen LogP contribution in [0.3, 0.4) is 0 Å². The maximum absolute atomic E-state index is 14.2. The Morgan fingerprint density at radius 3 is 2.00 bits per heavy atom. The first-order valence-corrected chi connectivity index (χ1v) is 11.6. The van der Waals surface area contributed by atoms with Crippen molar-refractivity contribution in [2.45, 2.75) is 63.2 Å². The normalized spacial score (nSPS) is 14.2. The Morgan fingerprint density at radius 2 is 1.64 bits per heavy atom. The van der Waals surface area contributed by atoms with E-state index >= 15 is 0 Å². The molecule has 126 valence electrons. The van der Waals surface area contributed by atoms with Gasteiger partial charge in [0.2, 0.25) is 10.0 Å². The molecule has 0 aliphatic carbocycles. The van der Waals surface area contributed by atoms with E-state index in [9.17, 15) is 17.9 Å². The zero-order valence-electron chi connectivity index (χ0n) is 14.3. The summed E-state index contributed by atoms with van der Waals surface area (Å²) in [6.07, 6.45) is 0. The molecule has 0 aliphatic heterocycles. The summed E-state index contributed by atoms with van der Waals surface area (Å²) in [5.41, 5.74) is -0.896. The predicted molar refractivity (Wildman–Crippen MR) is 89.2 cm³/mol. The van der Waals surface area contributed by atoms with Crippen LogP contribution in [0.4, 0.5) is 4.39 Å². The summed E-state index contributed by atoms with van der Waals surface area (Å²) in [5, 5.41) is 9.67. The number of halogens is 1. The zero-order chi connectivity index (χ0) is 17.6. The number of nitrogens with one attached hydrogen (secondary N) is 1. The molecular weight excluding hydrogens is 321 g/mol. The van der Waals surface area contributed by atoms with Crippen LogP contribution in [0.5, 0.6) is 0 Å². The maximum Gasteiger partial charge on any atom is 0.237 e. The molecule has 4 nitrogen and oxygen atoms in total. The topological polar surface area (TPSA) is 66.4 Å². The number of sulfonamides is 1. The molecule has 0 amide bonds. The molecule has 2 N–H and O–H groups in total. The third-order valence-electron chi connectivity index (χ3n) is 4.19. The van der Waals surface area contributed by atoms with Crippen molar-refractivity contribution in [2.24, 2.45) is 0 Å². The minimum absolute atomic E-state index is 0.205. The first-order chi connectivity index (χ1) is 9.58. The average Bonchev–Trinajstić information content (AvgIpc) is 2.23. The van der Waals surface area contributed by atoms with Gasteiger partial charge in [-0.2, -0.15) is 0 Å². The van der Waals surface area contributed by atoms with Gasteiger partial charge in [-0.25, -0.2) is 17.2 Å². The fourth-order valence-corrected chi connectivity index (χ4v) is 6.56. The second-order valence-electron chi connectivity index (χ2n) is 7.68. The number of aliphatic hydroxyl groups is 1. The van der Waals surface area contributed by atoms with Crippen LogP contribution in [-0.2, 0) is 15.6 Å². The zero-order valence-corrected chi connectivity index (χ0v) is 16.1. The molecule has 0 spiro atoms. The van der Waals surface area contributed by atoms with Gasteiger partial charge >= 0.3 is 0 Å². The number of hydrogen-bond donors (Lipinski definition) is 2. The molecule has 1 aromatic carbocycles. The standard InChI is InChI=1S/C15H26FNO3SSi/c1-14(2,3)22(6,7)17-21(19,20)13-9-8-11(10-12(13)16)15(4,5)18/h8-10,17-18H,1-7H3. The highest BCUT2D eigenvalue weighted by Crippen LogP contribution is 2.35. The summed E-state index contributed by atoms with van der Waals surface area (Å²) in [4.78, 5) is -0.384. The Morgan fingerprint density at radius 1 is 1.14 bits per heavy atom. The van der Waals surface area contributed by atoms with Crippen molar-refractivity contribution in [2.75, 3.05) is 0 Å². The number of benzene rings is 1. The van der Waals surface area contributed by atoms with Crippen molar-refractivity contribution in [3.63, 3.8) is 0 Å². The van der Waals surface area contributed by atoms with Gasteiger partial charge in [-0.3, -0.25) is 0 Å². The second-order valence-corrected chi connectivity index (χ2v) is 14.7. The van der Waals surface area contributed by atoms with Crippen LogP contribution < -0.4 is 4.39 Å². The molecule has 7 heteroatoms. The van der Waals surface area contributed by atoms with Crippen molar-refractivity contribution in [1.82, 2.24) is 4.39 Å². The molecule has 22 heavy (non-hydrogen) atoms. The molecule has 0 saturated carbocycles. The van der Waals surface area contributed by atoms with Gasteiger partial charge in [0.1, 0.15) is 18.9 Å². The molecule has 0 bridgehead atoms. The minimum atomic E-state index is -3.94. The monoisotopic (exact) mass is 347 g/mol. The van der Waals surface area contributed by atoms with Crippen molar-refractivity contribution in [3.8, 4) is 0 Å². The largest absolute Gasteiger partial charge is 0.386 e. The summed E-state index contributed by atoms with van der Waals surface area (Å²) in [5.74, 6) is -0.856. The summed E-state index contributed by atoms with van der Waals surface area (Å²) in [6, 6.07) is 3.71. The molecule has 0 heterocycles. The SMILES string of the molecule is CC(C)(O)c1ccc(S(=O)(=O)N[Si](C)(C)C(C)(C)C)c(F)c1. The third-order valence-corrected chi connectivity index (χ3v) is 12.0. The van der Waals surface area contributed by atoms with Crippen molar-refractivity contribution < 1.29 is 17.9 Å². The van der Waals surface area contributed by atoms with E-state index in [1.165, 1.54) is 26.0 Å². The van der Waals surface area contributed by atoms with E-state index in [0.29, 0.717) is 5.56 Å². The summed E-state index contributed by atoms with van der Waals surface area (Å²) in [7, 11) is -6.29. The Hall–Kier alpha value is -0.763. The number of rotatable bonds is 4. The molecule has 0 saturated heterocycles. The van der Waals surface area contributed by atoms with Gasteiger partial charge < -0.3 is 5.11 Å². The molecule has 0 atom stereocenters. The van der Waals surface area contributed by atoms with Crippen LogP contribution in [0.2, 0.25) is 18.1 Å².